The van der Waals surface area contributed by atoms with Gasteiger partial charge in [-0.25, -0.2) is 0 Å². The molecule has 6 nitrogen and oxygen atoms in total. The summed E-state index contributed by atoms with van der Waals surface area (Å²) in [6, 6.07) is 5.83. The second-order valence-electron chi connectivity index (χ2n) is 7.78. The van der Waals surface area contributed by atoms with Gasteiger partial charge in [0.25, 0.3) is 0 Å². The van der Waals surface area contributed by atoms with E-state index in [-0.39, 0.29) is 0 Å². The van der Waals surface area contributed by atoms with Crippen LogP contribution in [-0.4, -0.2) is 51.6 Å². The highest BCUT2D eigenvalue weighted by atomic mass is 32.2. The second-order valence-corrected chi connectivity index (χ2v) is 8.48. The van der Waals surface area contributed by atoms with Crippen LogP contribution in [0.2, 0.25) is 0 Å². The Bertz CT molecular complexity index is 845. The van der Waals surface area contributed by atoms with Crippen molar-refractivity contribution in [3.8, 4) is 5.75 Å². The molecule has 1 amide bonds. The fraction of sp³-hybridized carbons (Fsp3) is 0.423. The van der Waals surface area contributed by atoms with Gasteiger partial charge in [0.1, 0.15) is 11.5 Å². The van der Waals surface area contributed by atoms with E-state index < -0.39 is 0 Å². The smallest absolute Gasteiger partial charge is 0.214 e. The van der Waals surface area contributed by atoms with Gasteiger partial charge in [-0.1, -0.05) is 42.3 Å². The van der Waals surface area contributed by atoms with Gasteiger partial charge in [0.15, 0.2) is 0 Å². The van der Waals surface area contributed by atoms with Gasteiger partial charge in [0, 0.05) is 38.9 Å². The van der Waals surface area contributed by atoms with Gasteiger partial charge in [-0.3, -0.25) is 9.52 Å². The SMILES string of the molecule is C=C/C=C(\C=C/C)Oc1ccc(/C=C(\C)CNCC2CCCO2)c(N(C=O)CCNSC)c1. The number of carbonyl (C=O) groups excluding carboxylic acids is 1. The maximum absolute atomic E-state index is 12.0. The van der Waals surface area contributed by atoms with Gasteiger partial charge < -0.3 is 19.7 Å². The molecule has 1 aliphatic heterocycles. The lowest BCUT2D eigenvalue weighted by atomic mass is 10.1. The third-order valence-corrected chi connectivity index (χ3v) is 5.58. The minimum Gasteiger partial charge on any atom is -0.457 e. The zero-order chi connectivity index (χ0) is 23.9. The summed E-state index contributed by atoms with van der Waals surface area (Å²) >= 11 is 1.53. The van der Waals surface area contributed by atoms with Crippen LogP contribution in [0.25, 0.3) is 6.08 Å². The van der Waals surface area contributed by atoms with E-state index in [0.717, 1.165) is 50.2 Å². The predicted molar refractivity (Wildman–Crippen MR) is 141 cm³/mol. The molecule has 1 saturated heterocycles. The standard InChI is InChI=1S/C26H37N3O3S/c1-5-8-23(9-6-2)32-24-12-11-22(26(17-24)29(20-30)14-13-28-33-4)16-21(3)18-27-19-25-10-7-15-31-25/h5-6,8-9,11-12,16-17,20,25,27-28H,1,7,10,13-15,18-19H2,2-4H3/b9-6-,21-16+,23-8+. The summed E-state index contributed by atoms with van der Waals surface area (Å²) < 4.78 is 14.9. The molecule has 0 aromatic heterocycles. The van der Waals surface area contributed by atoms with Gasteiger partial charge in [-0.15, -0.1) is 0 Å². The molecule has 1 aromatic rings. The number of amides is 1. The number of rotatable bonds is 15. The lowest BCUT2D eigenvalue weighted by Crippen LogP contribution is -2.29. The summed E-state index contributed by atoms with van der Waals surface area (Å²) in [7, 11) is 0. The van der Waals surface area contributed by atoms with Crippen molar-refractivity contribution in [3.05, 3.63) is 66.0 Å². The number of benzene rings is 1. The minimum atomic E-state index is 0.314. The summed E-state index contributed by atoms with van der Waals surface area (Å²) in [5.74, 6) is 1.34. The van der Waals surface area contributed by atoms with Crippen LogP contribution in [0.1, 0.15) is 32.3 Å². The Morgan fingerprint density at radius 1 is 1.42 bits per heavy atom. The molecule has 1 aliphatic rings. The molecular formula is C26H37N3O3S. The molecule has 1 fully saturated rings. The molecule has 180 valence electrons. The van der Waals surface area contributed by atoms with Crippen LogP contribution in [0, 0.1) is 0 Å². The molecule has 0 saturated carbocycles. The van der Waals surface area contributed by atoms with Crippen molar-refractivity contribution in [1.29, 1.82) is 0 Å². The molecule has 0 radical (unpaired) electrons. The number of ether oxygens (including phenoxy) is 2. The van der Waals surface area contributed by atoms with Crippen LogP contribution < -0.4 is 19.7 Å². The van der Waals surface area contributed by atoms with E-state index in [1.54, 1.807) is 17.1 Å². The molecule has 2 N–H and O–H groups in total. The van der Waals surface area contributed by atoms with E-state index >= 15 is 0 Å². The Morgan fingerprint density at radius 2 is 2.27 bits per heavy atom. The third kappa shape index (κ3) is 9.60. The Kier molecular flexibility index (Phi) is 12.7. The van der Waals surface area contributed by atoms with Crippen LogP contribution in [0.4, 0.5) is 5.69 Å². The number of anilines is 1. The van der Waals surface area contributed by atoms with E-state index in [2.05, 4.69) is 29.6 Å². The first-order valence-electron chi connectivity index (χ1n) is 11.4. The van der Waals surface area contributed by atoms with E-state index in [0.29, 0.717) is 30.7 Å². The fourth-order valence-electron chi connectivity index (χ4n) is 3.55. The Balaban J connectivity index is 2.23. The van der Waals surface area contributed by atoms with E-state index in [9.17, 15) is 4.79 Å². The molecule has 7 heteroatoms. The van der Waals surface area contributed by atoms with Crippen molar-refractivity contribution in [2.45, 2.75) is 32.8 Å². The van der Waals surface area contributed by atoms with Crippen molar-refractivity contribution in [2.75, 3.05) is 43.9 Å². The molecule has 1 heterocycles. The van der Waals surface area contributed by atoms with Gasteiger partial charge in [0.2, 0.25) is 6.41 Å². The molecule has 0 aliphatic carbocycles. The molecule has 0 bridgehead atoms. The van der Waals surface area contributed by atoms with E-state index in [4.69, 9.17) is 9.47 Å². The Labute approximate surface area is 202 Å². The summed E-state index contributed by atoms with van der Waals surface area (Å²) in [5, 5.41) is 3.48. The Morgan fingerprint density at radius 3 is 2.94 bits per heavy atom. The summed E-state index contributed by atoms with van der Waals surface area (Å²) in [6.45, 7) is 11.5. The summed E-state index contributed by atoms with van der Waals surface area (Å²) in [4.78, 5) is 13.7. The first-order valence-corrected chi connectivity index (χ1v) is 12.6. The lowest BCUT2D eigenvalue weighted by Gasteiger charge is -2.21. The molecule has 2 rings (SSSR count). The van der Waals surface area contributed by atoms with Crippen LogP contribution >= 0.6 is 11.9 Å². The quantitative estimate of drug-likeness (QED) is 0.127. The summed E-state index contributed by atoms with van der Waals surface area (Å²) in [5.41, 5.74) is 2.95. The van der Waals surface area contributed by atoms with Gasteiger partial charge in [-0.2, -0.15) is 0 Å². The number of carbonyl (C=O) groups is 1. The topological polar surface area (TPSA) is 62.8 Å². The molecule has 33 heavy (non-hydrogen) atoms. The van der Waals surface area contributed by atoms with Crippen molar-refractivity contribution in [3.63, 3.8) is 0 Å². The summed E-state index contributed by atoms with van der Waals surface area (Å²) in [6.07, 6.45) is 14.8. The van der Waals surface area contributed by atoms with Crippen molar-refractivity contribution in [2.24, 2.45) is 0 Å². The van der Waals surface area contributed by atoms with Gasteiger partial charge >= 0.3 is 0 Å². The van der Waals surface area contributed by atoms with Crippen molar-refractivity contribution >= 4 is 30.1 Å². The van der Waals surface area contributed by atoms with Crippen molar-refractivity contribution in [1.82, 2.24) is 10.0 Å². The predicted octanol–water partition coefficient (Wildman–Crippen LogP) is 4.71. The lowest BCUT2D eigenvalue weighted by molar-refractivity contribution is -0.107. The third-order valence-electron chi connectivity index (χ3n) is 5.09. The molecule has 1 atom stereocenters. The molecule has 1 aromatic carbocycles. The zero-order valence-electron chi connectivity index (χ0n) is 20.0. The van der Waals surface area contributed by atoms with Crippen LogP contribution in [0.3, 0.4) is 0 Å². The number of allylic oxidation sites excluding steroid dienone is 4. The van der Waals surface area contributed by atoms with Crippen molar-refractivity contribution < 1.29 is 14.3 Å². The van der Waals surface area contributed by atoms with Gasteiger partial charge in [-0.05, 0) is 62.8 Å². The highest BCUT2D eigenvalue weighted by molar-refractivity contribution is 7.96. The molecule has 1 unspecified atom stereocenters. The first-order chi connectivity index (χ1) is 16.1. The van der Waals surface area contributed by atoms with Gasteiger partial charge in [0.05, 0.1) is 11.8 Å². The number of hydrogen-bond donors (Lipinski definition) is 2. The maximum atomic E-state index is 12.0. The normalized spacial score (nSPS) is 16.9. The van der Waals surface area contributed by atoms with E-state index in [1.165, 1.54) is 17.5 Å². The number of hydrogen-bond acceptors (Lipinski definition) is 6. The highest BCUT2D eigenvalue weighted by Gasteiger charge is 2.15. The maximum Gasteiger partial charge on any atom is 0.214 e. The minimum absolute atomic E-state index is 0.314. The molecular weight excluding hydrogens is 434 g/mol. The first kappa shape index (κ1) is 26.9. The average Bonchev–Trinajstić information content (AvgIpc) is 3.32. The van der Waals surface area contributed by atoms with E-state index in [1.807, 2.05) is 43.5 Å². The second kappa shape index (κ2) is 15.5. The van der Waals surface area contributed by atoms with Crippen LogP contribution in [0.15, 0.2) is 60.4 Å². The highest BCUT2D eigenvalue weighted by Crippen LogP contribution is 2.29. The van der Waals surface area contributed by atoms with Crippen LogP contribution in [-0.2, 0) is 9.53 Å². The number of nitrogens with zero attached hydrogens (tertiary/aromatic N) is 1. The van der Waals surface area contributed by atoms with Crippen LogP contribution in [0.5, 0.6) is 5.75 Å². The fourth-order valence-corrected chi connectivity index (χ4v) is 3.84. The Hall–Kier alpha value is -2.32. The average molecular weight is 472 g/mol. The zero-order valence-corrected chi connectivity index (χ0v) is 20.8. The molecule has 0 spiro atoms. The largest absolute Gasteiger partial charge is 0.457 e. The number of nitrogens with one attached hydrogen (secondary N) is 2. The monoisotopic (exact) mass is 471 g/mol.